The number of aliphatic hydroxyl groups excluding tert-OH is 1. The van der Waals surface area contributed by atoms with Crippen LogP contribution in [0.5, 0.6) is 0 Å². The van der Waals surface area contributed by atoms with E-state index in [0.29, 0.717) is 30.8 Å². The number of amides is 1. The number of pyridine rings is 1. The highest BCUT2D eigenvalue weighted by Crippen LogP contribution is 2.28. The molecule has 0 bridgehead atoms. The number of aliphatic hydroxyl groups is 1. The van der Waals surface area contributed by atoms with Crippen LogP contribution in [0.2, 0.25) is 0 Å². The molecular formula is C18H20F3N3O2. The maximum absolute atomic E-state index is 12.3. The number of rotatable bonds is 4. The van der Waals surface area contributed by atoms with Crippen molar-refractivity contribution < 1.29 is 23.1 Å². The molecule has 0 spiro atoms. The Morgan fingerprint density at radius 1 is 1.35 bits per heavy atom. The Hall–Kier alpha value is -2.35. The van der Waals surface area contributed by atoms with E-state index in [2.05, 4.69) is 4.98 Å². The number of para-hydroxylation sites is 1. The summed E-state index contributed by atoms with van der Waals surface area (Å²) >= 11 is 0. The number of nitrogens with one attached hydrogen (secondary N) is 1. The number of piperidine rings is 1. The average Bonchev–Trinajstić information content (AvgIpc) is 2.64. The Balaban J connectivity index is 1.79. The summed E-state index contributed by atoms with van der Waals surface area (Å²) in [5, 5.41) is 12.5. The van der Waals surface area contributed by atoms with E-state index in [9.17, 15) is 23.1 Å². The topological polar surface area (TPSA) is 65.5 Å². The van der Waals surface area contributed by atoms with Crippen molar-refractivity contribution in [1.29, 1.82) is 0 Å². The first-order chi connectivity index (χ1) is 12.4. The predicted octanol–water partition coefficient (Wildman–Crippen LogP) is 2.62. The van der Waals surface area contributed by atoms with E-state index in [4.69, 9.17) is 0 Å². The molecule has 1 atom stereocenters. The lowest BCUT2D eigenvalue weighted by molar-refractivity contribution is -0.140. The van der Waals surface area contributed by atoms with Gasteiger partial charge in [-0.3, -0.25) is 4.79 Å². The van der Waals surface area contributed by atoms with E-state index in [1.54, 1.807) is 0 Å². The Morgan fingerprint density at radius 3 is 2.85 bits per heavy atom. The molecule has 1 fully saturated rings. The lowest BCUT2D eigenvalue weighted by Gasteiger charge is -2.34. The Labute approximate surface area is 148 Å². The van der Waals surface area contributed by atoms with Crippen molar-refractivity contribution >= 4 is 22.6 Å². The van der Waals surface area contributed by atoms with E-state index in [0.717, 1.165) is 10.9 Å². The van der Waals surface area contributed by atoms with Gasteiger partial charge in [-0.05, 0) is 25.0 Å². The molecule has 1 aliphatic heterocycles. The highest BCUT2D eigenvalue weighted by molar-refractivity contribution is 5.82. The van der Waals surface area contributed by atoms with Crippen LogP contribution in [0.1, 0.15) is 18.4 Å². The number of halogens is 3. The third kappa shape index (κ3) is 4.24. The summed E-state index contributed by atoms with van der Waals surface area (Å²) in [5.41, 5.74) is 1.41. The zero-order chi connectivity index (χ0) is 18.7. The molecule has 0 saturated carbocycles. The van der Waals surface area contributed by atoms with E-state index in [1.165, 1.54) is 0 Å². The first-order valence-corrected chi connectivity index (χ1v) is 8.46. The minimum Gasteiger partial charge on any atom is -0.392 e. The number of alkyl halides is 3. The molecule has 26 heavy (non-hydrogen) atoms. The molecule has 5 nitrogen and oxygen atoms in total. The first kappa shape index (κ1) is 18.4. The van der Waals surface area contributed by atoms with Crippen LogP contribution >= 0.6 is 0 Å². The van der Waals surface area contributed by atoms with Crippen LogP contribution in [0.25, 0.3) is 10.9 Å². The highest BCUT2D eigenvalue weighted by Gasteiger charge is 2.32. The lowest BCUT2D eigenvalue weighted by atomic mass is 9.96. The SMILES string of the molecule is O=C(NCC(F)(F)F)C1CCCN(c2nc3ccccc3cc2CO)C1. The molecule has 1 aromatic heterocycles. The van der Waals surface area contributed by atoms with Crippen LogP contribution in [0, 0.1) is 5.92 Å². The van der Waals surface area contributed by atoms with Gasteiger partial charge in [0.25, 0.3) is 0 Å². The van der Waals surface area contributed by atoms with Gasteiger partial charge in [-0.15, -0.1) is 0 Å². The number of carbonyl (C=O) groups is 1. The second-order valence-electron chi connectivity index (χ2n) is 6.44. The summed E-state index contributed by atoms with van der Waals surface area (Å²) in [6, 6.07) is 9.35. The fraction of sp³-hybridized carbons (Fsp3) is 0.444. The fourth-order valence-electron chi connectivity index (χ4n) is 3.25. The highest BCUT2D eigenvalue weighted by atomic mass is 19.4. The van der Waals surface area contributed by atoms with E-state index >= 15 is 0 Å². The lowest BCUT2D eigenvalue weighted by Crippen LogP contribution is -2.45. The maximum Gasteiger partial charge on any atom is 0.405 e. The zero-order valence-corrected chi connectivity index (χ0v) is 14.1. The van der Waals surface area contributed by atoms with Crippen molar-refractivity contribution in [2.24, 2.45) is 5.92 Å². The molecule has 0 aliphatic carbocycles. The first-order valence-electron chi connectivity index (χ1n) is 8.46. The van der Waals surface area contributed by atoms with Gasteiger partial charge >= 0.3 is 6.18 Å². The molecule has 1 aromatic carbocycles. The second-order valence-corrected chi connectivity index (χ2v) is 6.44. The third-order valence-electron chi connectivity index (χ3n) is 4.51. The van der Waals surface area contributed by atoms with Crippen LogP contribution in [0.15, 0.2) is 30.3 Å². The molecule has 2 aromatic rings. The molecule has 2 N–H and O–H groups in total. The van der Waals surface area contributed by atoms with Crippen LogP contribution in [0.3, 0.4) is 0 Å². The fourth-order valence-corrected chi connectivity index (χ4v) is 3.25. The molecule has 140 valence electrons. The molecule has 1 amide bonds. The molecule has 1 aliphatic rings. The van der Waals surface area contributed by atoms with Crippen LogP contribution < -0.4 is 10.2 Å². The maximum atomic E-state index is 12.3. The summed E-state index contributed by atoms with van der Waals surface area (Å²) in [4.78, 5) is 18.6. The standard InChI is InChI=1S/C18H20F3N3O2/c19-18(20,21)11-22-17(26)13-5-3-7-24(9-13)16-14(10-25)8-12-4-1-2-6-15(12)23-16/h1-2,4,6,8,13,25H,3,5,7,9-11H2,(H,22,26). The van der Waals surface area contributed by atoms with Gasteiger partial charge in [0.05, 0.1) is 18.0 Å². The van der Waals surface area contributed by atoms with E-state index in [1.807, 2.05) is 40.5 Å². The summed E-state index contributed by atoms with van der Waals surface area (Å²) < 4.78 is 36.9. The number of aromatic nitrogens is 1. The summed E-state index contributed by atoms with van der Waals surface area (Å²) in [6.45, 7) is -0.601. The Kier molecular flexibility index (Phi) is 5.31. The molecule has 1 saturated heterocycles. The Bertz CT molecular complexity index is 795. The van der Waals surface area contributed by atoms with Gasteiger partial charge in [0.15, 0.2) is 0 Å². The zero-order valence-electron chi connectivity index (χ0n) is 14.1. The number of anilines is 1. The van der Waals surface area contributed by atoms with Gasteiger partial charge in [0, 0.05) is 24.0 Å². The quantitative estimate of drug-likeness (QED) is 0.872. The van der Waals surface area contributed by atoms with Crippen molar-refractivity contribution in [3.8, 4) is 0 Å². The van der Waals surface area contributed by atoms with Gasteiger partial charge in [0.2, 0.25) is 5.91 Å². The van der Waals surface area contributed by atoms with Crippen molar-refractivity contribution in [3.05, 3.63) is 35.9 Å². The van der Waals surface area contributed by atoms with Gasteiger partial charge in [-0.2, -0.15) is 13.2 Å². The van der Waals surface area contributed by atoms with E-state index < -0.39 is 24.5 Å². The average molecular weight is 367 g/mol. The van der Waals surface area contributed by atoms with Crippen molar-refractivity contribution in [1.82, 2.24) is 10.3 Å². The van der Waals surface area contributed by atoms with Crippen molar-refractivity contribution in [2.45, 2.75) is 25.6 Å². The molecule has 3 rings (SSSR count). The third-order valence-corrected chi connectivity index (χ3v) is 4.51. The number of carbonyl (C=O) groups excluding carboxylic acids is 1. The van der Waals surface area contributed by atoms with E-state index in [-0.39, 0.29) is 13.2 Å². The minimum absolute atomic E-state index is 0.200. The van der Waals surface area contributed by atoms with Crippen molar-refractivity contribution in [3.63, 3.8) is 0 Å². The van der Waals surface area contributed by atoms with Crippen LogP contribution in [-0.2, 0) is 11.4 Å². The smallest absolute Gasteiger partial charge is 0.392 e. The Morgan fingerprint density at radius 2 is 2.12 bits per heavy atom. The molecule has 1 unspecified atom stereocenters. The minimum atomic E-state index is -4.42. The normalized spacial score (nSPS) is 18.2. The van der Waals surface area contributed by atoms with Crippen LogP contribution in [0.4, 0.5) is 19.0 Å². The van der Waals surface area contributed by atoms with Crippen molar-refractivity contribution in [2.75, 3.05) is 24.5 Å². The monoisotopic (exact) mass is 367 g/mol. The number of fused-ring (bicyclic) bond motifs is 1. The predicted molar refractivity (Wildman–Crippen MR) is 91.7 cm³/mol. The summed E-state index contributed by atoms with van der Waals surface area (Å²) in [5.74, 6) is -0.552. The summed E-state index contributed by atoms with van der Waals surface area (Å²) in [7, 11) is 0. The van der Waals surface area contributed by atoms with Crippen LogP contribution in [-0.4, -0.2) is 41.8 Å². The summed E-state index contributed by atoms with van der Waals surface area (Å²) in [6.07, 6.45) is -3.22. The number of hydrogen-bond donors (Lipinski definition) is 2. The van der Waals surface area contributed by atoms with Gasteiger partial charge in [-0.1, -0.05) is 18.2 Å². The largest absolute Gasteiger partial charge is 0.405 e. The molecule has 0 radical (unpaired) electrons. The number of hydrogen-bond acceptors (Lipinski definition) is 4. The molecule has 2 heterocycles. The molecule has 8 heteroatoms. The van der Waals surface area contributed by atoms with Gasteiger partial charge in [0.1, 0.15) is 12.4 Å². The number of nitrogens with zero attached hydrogens (tertiary/aromatic N) is 2. The number of benzene rings is 1. The van der Waals surface area contributed by atoms with Gasteiger partial charge < -0.3 is 15.3 Å². The molecular weight excluding hydrogens is 347 g/mol. The van der Waals surface area contributed by atoms with Gasteiger partial charge in [-0.25, -0.2) is 4.98 Å². The second kappa shape index (κ2) is 7.49.